The summed E-state index contributed by atoms with van der Waals surface area (Å²) in [5.41, 5.74) is 2.27. The Labute approximate surface area is 187 Å². The fourth-order valence-electron chi connectivity index (χ4n) is 3.55. The van der Waals surface area contributed by atoms with Crippen LogP contribution in [0.15, 0.2) is 47.7 Å². The molecule has 8 nitrogen and oxygen atoms in total. The summed E-state index contributed by atoms with van der Waals surface area (Å²) in [7, 11) is 0. The number of aliphatic imine (C=N–C) groups is 1. The smallest absolute Gasteiger partial charge is 0.205 e. The van der Waals surface area contributed by atoms with Crippen molar-refractivity contribution in [3.8, 4) is 5.69 Å². The molecule has 0 bridgehead atoms. The molecule has 2 aromatic heterocycles. The second-order valence-electron chi connectivity index (χ2n) is 7.44. The second-order valence-corrected chi connectivity index (χ2v) is 8.17. The highest BCUT2D eigenvalue weighted by atomic mass is 32.1. The maximum absolute atomic E-state index is 4.88. The number of nitrogens with one attached hydrogen (secondary N) is 1. The first kappa shape index (κ1) is 21.3. The van der Waals surface area contributed by atoms with Gasteiger partial charge in [0.05, 0.1) is 11.9 Å². The van der Waals surface area contributed by atoms with Crippen molar-refractivity contribution in [1.29, 1.82) is 0 Å². The van der Waals surface area contributed by atoms with Crippen molar-refractivity contribution in [2.24, 2.45) is 4.99 Å². The number of hydrogen-bond acceptors (Lipinski definition) is 6. The van der Waals surface area contributed by atoms with E-state index in [0.717, 1.165) is 74.7 Å². The highest BCUT2D eigenvalue weighted by molar-refractivity contribution is 7.09. The van der Waals surface area contributed by atoms with E-state index in [1.807, 2.05) is 29.1 Å². The van der Waals surface area contributed by atoms with Crippen LogP contribution < -0.4 is 10.2 Å². The number of hydrogen-bond donors (Lipinski definition) is 1. The standard InChI is InChI=1S/C22H30N8S/c1-3-20-26-22(31-27-20)29-14-12-28(13-15-29)21(23-4-2)24-11-10-18-16-25-30(17-18)19-8-6-5-7-9-19/h5-9,16-17H,3-4,10-15H2,1-2H3,(H,23,24). The fraction of sp³-hybridized carbons (Fsp3) is 0.455. The molecule has 1 aromatic carbocycles. The lowest BCUT2D eigenvalue weighted by Crippen LogP contribution is -2.52. The normalized spacial score (nSPS) is 14.8. The summed E-state index contributed by atoms with van der Waals surface area (Å²) in [4.78, 5) is 14.2. The molecular weight excluding hydrogens is 408 g/mol. The minimum absolute atomic E-state index is 0.735. The summed E-state index contributed by atoms with van der Waals surface area (Å²) in [6.45, 7) is 9.54. The average molecular weight is 439 g/mol. The predicted octanol–water partition coefficient (Wildman–Crippen LogP) is 2.62. The minimum Gasteiger partial charge on any atom is -0.357 e. The first-order valence-corrected chi connectivity index (χ1v) is 11.7. The van der Waals surface area contributed by atoms with E-state index in [0.29, 0.717) is 0 Å². The van der Waals surface area contributed by atoms with Gasteiger partial charge in [0.1, 0.15) is 5.82 Å². The monoisotopic (exact) mass is 438 g/mol. The van der Waals surface area contributed by atoms with E-state index < -0.39 is 0 Å². The average Bonchev–Trinajstić information content (AvgIpc) is 3.49. The van der Waals surface area contributed by atoms with Gasteiger partial charge in [-0.15, -0.1) is 0 Å². The van der Waals surface area contributed by atoms with Gasteiger partial charge in [0, 0.05) is 63.4 Å². The molecule has 3 aromatic rings. The largest absolute Gasteiger partial charge is 0.357 e. The summed E-state index contributed by atoms with van der Waals surface area (Å²) in [5.74, 6) is 1.93. The number of piperazine rings is 1. The van der Waals surface area contributed by atoms with Gasteiger partial charge < -0.3 is 15.1 Å². The molecule has 164 valence electrons. The zero-order valence-corrected chi connectivity index (χ0v) is 19.1. The Hall–Kier alpha value is -2.94. The molecule has 1 fully saturated rings. The molecule has 0 saturated carbocycles. The molecule has 0 radical (unpaired) electrons. The molecule has 31 heavy (non-hydrogen) atoms. The van der Waals surface area contributed by atoms with E-state index in [4.69, 9.17) is 4.99 Å². The molecule has 1 aliphatic heterocycles. The molecule has 0 spiro atoms. The third-order valence-electron chi connectivity index (χ3n) is 5.28. The number of rotatable bonds is 7. The molecule has 9 heteroatoms. The number of para-hydroxylation sites is 1. The number of aromatic nitrogens is 4. The molecule has 0 unspecified atom stereocenters. The van der Waals surface area contributed by atoms with Gasteiger partial charge >= 0.3 is 0 Å². The first-order valence-electron chi connectivity index (χ1n) is 11.0. The van der Waals surface area contributed by atoms with E-state index in [1.165, 1.54) is 17.1 Å². The predicted molar refractivity (Wildman–Crippen MR) is 126 cm³/mol. The van der Waals surface area contributed by atoms with Crippen LogP contribution in [-0.2, 0) is 12.8 Å². The van der Waals surface area contributed by atoms with Gasteiger partial charge in [0.2, 0.25) is 5.13 Å². The first-order chi connectivity index (χ1) is 15.3. The topological polar surface area (TPSA) is 74.5 Å². The molecule has 0 amide bonds. The number of benzene rings is 1. The SMILES string of the molecule is CCNC(=NCCc1cnn(-c2ccccc2)c1)N1CCN(c2nc(CC)ns2)CC1. The summed E-state index contributed by atoms with van der Waals surface area (Å²) in [6, 6.07) is 10.2. The molecule has 4 rings (SSSR count). The molecule has 3 heterocycles. The maximum atomic E-state index is 4.88. The zero-order valence-electron chi connectivity index (χ0n) is 18.2. The van der Waals surface area contributed by atoms with Crippen molar-refractivity contribution in [3.63, 3.8) is 0 Å². The van der Waals surface area contributed by atoms with E-state index in [1.54, 1.807) is 0 Å². The molecule has 0 atom stereocenters. The lowest BCUT2D eigenvalue weighted by molar-refractivity contribution is 0.372. The molecule has 1 aliphatic rings. The minimum atomic E-state index is 0.735. The quantitative estimate of drug-likeness (QED) is 0.452. The van der Waals surface area contributed by atoms with Crippen LogP contribution in [0, 0.1) is 0 Å². The second kappa shape index (κ2) is 10.4. The summed E-state index contributed by atoms with van der Waals surface area (Å²) in [5, 5.41) is 8.97. The molecule has 0 aliphatic carbocycles. The Balaban J connectivity index is 1.32. The zero-order chi connectivity index (χ0) is 21.5. The van der Waals surface area contributed by atoms with Crippen LogP contribution in [0.25, 0.3) is 5.69 Å². The Bertz CT molecular complexity index is 972. The van der Waals surface area contributed by atoms with Crippen LogP contribution in [-0.4, -0.2) is 69.3 Å². The third kappa shape index (κ3) is 5.41. The van der Waals surface area contributed by atoms with Crippen LogP contribution in [0.1, 0.15) is 25.2 Å². The van der Waals surface area contributed by atoms with Gasteiger partial charge in [-0.1, -0.05) is 25.1 Å². The van der Waals surface area contributed by atoms with Crippen LogP contribution >= 0.6 is 11.5 Å². The maximum Gasteiger partial charge on any atom is 0.205 e. The van der Waals surface area contributed by atoms with Gasteiger partial charge in [-0.25, -0.2) is 9.67 Å². The lowest BCUT2D eigenvalue weighted by atomic mass is 10.2. The summed E-state index contributed by atoms with van der Waals surface area (Å²) >= 11 is 1.50. The summed E-state index contributed by atoms with van der Waals surface area (Å²) in [6.07, 6.45) is 5.77. The molecule has 1 saturated heterocycles. The Morgan fingerprint density at radius 2 is 1.94 bits per heavy atom. The van der Waals surface area contributed by atoms with Crippen molar-refractivity contribution >= 4 is 22.6 Å². The number of aryl methyl sites for hydroxylation is 1. The van der Waals surface area contributed by atoms with Crippen molar-refractivity contribution in [2.75, 3.05) is 44.2 Å². The highest BCUT2D eigenvalue weighted by Gasteiger charge is 2.22. The van der Waals surface area contributed by atoms with Crippen LogP contribution in [0.5, 0.6) is 0 Å². The summed E-state index contributed by atoms with van der Waals surface area (Å²) < 4.78 is 6.33. The van der Waals surface area contributed by atoms with Gasteiger partial charge in [0.15, 0.2) is 5.96 Å². The van der Waals surface area contributed by atoms with Gasteiger partial charge in [0.25, 0.3) is 0 Å². The number of nitrogens with zero attached hydrogens (tertiary/aromatic N) is 7. The molecule has 1 N–H and O–H groups in total. The van der Waals surface area contributed by atoms with E-state index >= 15 is 0 Å². The van der Waals surface area contributed by atoms with E-state index in [-0.39, 0.29) is 0 Å². The van der Waals surface area contributed by atoms with Crippen molar-refractivity contribution in [3.05, 3.63) is 54.1 Å². The Morgan fingerprint density at radius 3 is 2.65 bits per heavy atom. The van der Waals surface area contributed by atoms with Crippen LogP contribution in [0.4, 0.5) is 5.13 Å². The third-order valence-corrected chi connectivity index (χ3v) is 6.09. The van der Waals surface area contributed by atoms with E-state index in [9.17, 15) is 0 Å². The fourth-order valence-corrected chi connectivity index (χ4v) is 4.36. The highest BCUT2D eigenvalue weighted by Crippen LogP contribution is 2.19. The van der Waals surface area contributed by atoms with Gasteiger partial charge in [-0.05, 0) is 31.0 Å². The molecular formula is C22H30N8S. The van der Waals surface area contributed by atoms with Crippen LogP contribution in [0.3, 0.4) is 0 Å². The number of anilines is 1. The Kier molecular flexibility index (Phi) is 7.14. The van der Waals surface area contributed by atoms with Gasteiger partial charge in [-0.2, -0.15) is 9.47 Å². The van der Waals surface area contributed by atoms with Crippen LogP contribution in [0.2, 0.25) is 0 Å². The lowest BCUT2D eigenvalue weighted by Gasteiger charge is -2.36. The van der Waals surface area contributed by atoms with Crippen molar-refractivity contribution in [1.82, 2.24) is 29.4 Å². The van der Waals surface area contributed by atoms with Gasteiger partial charge in [-0.3, -0.25) is 4.99 Å². The Morgan fingerprint density at radius 1 is 1.13 bits per heavy atom. The van der Waals surface area contributed by atoms with E-state index in [2.05, 4.69) is 61.7 Å². The number of guanidine groups is 1. The van der Waals surface area contributed by atoms with Crippen molar-refractivity contribution in [2.45, 2.75) is 26.7 Å². The van der Waals surface area contributed by atoms with Crippen molar-refractivity contribution < 1.29 is 0 Å².